The summed E-state index contributed by atoms with van der Waals surface area (Å²) in [6.07, 6.45) is 0. The van der Waals surface area contributed by atoms with Crippen molar-refractivity contribution in [3.05, 3.63) is 121 Å². The van der Waals surface area contributed by atoms with Crippen LogP contribution in [0, 0.1) is 0 Å². The highest BCUT2D eigenvalue weighted by molar-refractivity contribution is 6.07. The molecule has 7 rings (SSSR count). The van der Waals surface area contributed by atoms with E-state index in [1.165, 1.54) is 43.8 Å². The van der Waals surface area contributed by atoms with Crippen molar-refractivity contribution >= 4 is 43.5 Å². The number of benzene rings is 6. The zero-order chi connectivity index (χ0) is 21.8. The SMILES string of the molecule is c1ccc(-c2ccc3cc4cc(-c5ccc6oc7ccccc7c6c5)ccc4cc3c2)cc1. The van der Waals surface area contributed by atoms with Crippen LogP contribution >= 0.6 is 0 Å². The molecule has 0 amide bonds. The predicted octanol–water partition coefficient (Wildman–Crippen LogP) is 9.23. The van der Waals surface area contributed by atoms with Gasteiger partial charge in [-0.15, -0.1) is 0 Å². The van der Waals surface area contributed by atoms with Crippen molar-refractivity contribution in [2.45, 2.75) is 0 Å². The molecule has 0 bridgehead atoms. The van der Waals surface area contributed by atoms with E-state index in [4.69, 9.17) is 4.42 Å². The molecule has 1 heteroatoms. The van der Waals surface area contributed by atoms with Gasteiger partial charge in [0.15, 0.2) is 0 Å². The summed E-state index contributed by atoms with van der Waals surface area (Å²) in [6, 6.07) is 43.4. The van der Waals surface area contributed by atoms with Gasteiger partial charge in [-0.2, -0.15) is 0 Å². The summed E-state index contributed by atoms with van der Waals surface area (Å²) in [4.78, 5) is 0. The van der Waals surface area contributed by atoms with Crippen LogP contribution in [0.1, 0.15) is 0 Å². The molecule has 1 aromatic heterocycles. The van der Waals surface area contributed by atoms with Gasteiger partial charge in [-0.25, -0.2) is 0 Å². The molecule has 0 unspecified atom stereocenters. The number of furan rings is 1. The van der Waals surface area contributed by atoms with Gasteiger partial charge in [-0.05, 0) is 86.3 Å². The van der Waals surface area contributed by atoms with Crippen molar-refractivity contribution in [1.29, 1.82) is 0 Å². The Morgan fingerprint density at radius 3 is 1.67 bits per heavy atom. The van der Waals surface area contributed by atoms with Gasteiger partial charge in [0.05, 0.1) is 0 Å². The van der Waals surface area contributed by atoms with E-state index in [1.54, 1.807) is 0 Å². The molecule has 7 aromatic rings. The Hall–Kier alpha value is -4.36. The second-order valence-corrected chi connectivity index (χ2v) is 8.65. The molecule has 0 aliphatic carbocycles. The molecule has 1 nitrogen and oxygen atoms in total. The van der Waals surface area contributed by atoms with Gasteiger partial charge in [0.1, 0.15) is 11.2 Å². The third-order valence-electron chi connectivity index (χ3n) is 6.61. The molecule has 0 radical (unpaired) electrons. The molecule has 154 valence electrons. The number of fused-ring (bicyclic) bond motifs is 5. The first-order chi connectivity index (χ1) is 16.3. The maximum Gasteiger partial charge on any atom is 0.135 e. The summed E-state index contributed by atoms with van der Waals surface area (Å²) in [5.41, 5.74) is 6.78. The summed E-state index contributed by atoms with van der Waals surface area (Å²) in [7, 11) is 0. The first-order valence-electron chi connectivity index (χ1n) is 11.3. The Labute approximate surface area is 191 Å². The molecule has 1 heterocycles. The second-order valence-electron chi connectivity index (χ2n) is 8.65. The lowest BCUT2D eigenvalue weighted by molar-refractivity contribution is 0.669. The smallest absolute Gasteiger partial charge is 0.135 e. The van der Waals surface area contributed by atoms with Gasteiger partial charge in [-0.1, -0.05) is 78.9 Å². The van der Waals surface area contributed by atoms with E-state index in [2.05, 4.69) is 109 Å². The van der Waals surface area contributed by atoms with Crippen LogP contribution in [-0.4, -0.2) is 0 Å². The van der Waals surface area contributed by atoms with Crippen LogP contribution in [-0.2, 0) is 0 Å². The minimum atomic E-state index is 0.931. The van der Waals surface area contributed by atoms with Gasteiger partial charge in [-0.3, -0.25) is 0 Å². The molecule has 0 aliphatic rings. The fraction of sp³-hybridized carbons (Fsp3) is 0. The van der Waals surface area contributed by atoms with Crippen molar-refractivity contribution in [2.75, 3.05) is 0 Å². The van der Waals surface area contributed by atoms with Gasteiger partial charge in [0, 0.05) is 10.8 Å². The molecular formula is C32H20O. The average molecular weight is 421 g/mol. The van der Waals surface area contributed by atoms with Gasteiger partial charge < -0.3 is 4.42 Å². The molecule has 0 fully saturated rings. The fourth-order valence-corrected chi connectivity index (χ4v) is 4.89. The van der Waals surface area contributed by atoms with Crippen molar-refractivity contribution in [1.82, 2.24) is 0 Å². The van der Waals surface area contributed by atoms with Gasteiger partial charge in [0.2, 0.25) is 0 Å². The van der Waals surface area contributed by atoms with E-state index in [-0.39, 0.29) is 0 Å². The third kappa shape index (κ3) is 3.01. The van der Waals surface area contributed by atoms with Gasteiger partial charge >= 0.3 is 0 Å². The second kappa shape index (κ2) is 7.08. The zero-order valence-corrected chi connectivity index (χ0v) is 18.0. The van der Waals surface area contributed by atoms with Crippen LogP contribution in [0.4, 0.5) is 0 Å². The van der Waals surface area contributed by atoms with E-state index < -0.39 is 0 Å². The highest BCUT2D eigenvalue weighted by Crippen LogP contribution is 2.34. The summed E-state index contributed by atoms with van der Waals surface area (Å²) in [6.45, 7) is 0. The van der Waals surface area contributed by atoms with Crippen LogP contribution in [0.15, 0.2) is 126 Å². The summed E-state index contributed by atoms with van der Waals surface area (Å²) < 4.78 is 6.00. The van der Waals surface area contributed by atoms with Crippen LogP contribution in [0.25, 0.3) is 65.7 Å². The monoisotopic (exact) mass is 420 g/mol. The molecule has 0 spiro atoms. The standard InChI is InChI=1S/C32H20O/c1-2-6-21(7-3-1)22-10-12-24-19-28-17-23(11-13-25(28)18-27(24)16-22)26-14-15-32-30(20-26)29-8-4-5-9-31(29)33-32/h1-20H. The van der Waals surface area contributed by atoms with Crippen LogP contribution in [0.3, 0.4) is 0 Å². The van der Waals surface area contributed by atoms with Crippen LogP contribution in [0.2, 0.25) is 0 Å². The highest BCUT2D eigenvalue weighted by Gasteiger charge is 2.09. The molecular weight excluding hydrogens is 400 g/mol. The lowest BCUT2D eigenvalue weighted by atomic mass is 9.96. The quantitative estimate of drug-likeness (QED) is 0.254. The first-order valence-corrected chi connectivity index (χ1v) is 11.3. The summed E-state index contributed by atoms with van der Waals surface area (Å²) in [5, 5.41) is 7.36. The number of hydrogen-bond acceptors (Lipinski definition) is 1. The molecule has 33 heavy (non-hydrogen) atoms. The van der Waals surface area contributed by atoms with Crippen molar-refractivity contribution in [3.63, 3.8) is 0 Å². The maximum atomic E-state index is 6.00. The molecule has 0 saturated heterocycles. The Kier molecular flexibility index (Phi) is 3.91. The largest absolute Gasteiger partial charge is 0.456 e. The Morgan fingerprint density at radius 2 is 0.909 bits per heavy atom. The summed E-state index contributed by atoms with van der Waals surface area (Å²) >= 11 is 0. The van der Waals surface area contributed by atoms with Crippen LogP contribution in [0.5, 0.6) is 0 Å². The lowest BCUT2D eigenvalue weighted by Crippen LogP contribution is -1.82. The number of hydrogen-bond donors (Lipinski definition) is 0. The molecule has 0 atom stereocenters. The van der Waals surface area contributed by atoms with E-state index >= 15 is 0 Å². The predicted molar refractivity (Wildman–Crippen MR) is 140 cm³/mol. The maximum absolute atomic E-state index is 6.00. The Bertz CT molecular complexity index is 1810. The van der Waals surface area contributed by atoms with E-state index in [1.807, 2.05) is 12.1 Å². The Balaban J connectivity index is 1.35. The zero-order valence-electron chi connectivity index (χ0n) is 18.0. The van der Waals surface area contributed by atoms with Crippen LogP contribution < -0.4 is 0 Å². The average Bonchev–Trinajstić information content (AvgIpc) is 3.25. The minimum absolute atomic E-state index is 0.931. The first kappa shape index (κ1) is 18.2. The van der Waals surface area contributed by atoms with Crippen molar-refractivity contribution in [3.8, 4) is 22.3 Å². The van der Waals surface area contributed by atoms with Crippen molar-refractivity contribution in [2.24, 2.45) is 0 Å². The molecule has 0 N–H and O–H groups in total. The normalized spacial score (nSPS) is 11.6. The van der Waals surface area contributed by atoms with E-state index in [0.717, 1.165) is 21.9 Å². The topological polar surface area (TPSA) is 13.1 Å². The van der Waals surface area contributed by atoms with E-state index in [0.29, 0.717) is 0 Å². The molecule has 0 aliphatic heterocycles. The molecule has 6 aromatic carbocycles. The van der Waals surface area contributed by atoms with Gasteiger partial charge in [0.25, 0.3) is 0 Å². The number of para-hydroxylation sites is 1. The summed E-state index contributed by atoms with van der Waals surface area (Å²) in [5.74, 6) is 0. The number of rotatable bonds is 2. The Morgan fingerprint density at radius 1 is 0.333 bits per heavy atom. The third-order valence-corrected chi connectivity index (χ3v) is 6.61. The fourth-order valence-electron chi connectivity index (χ4n) is 4.89. The lowest BCUT2D eigenvalue weighted by Gasteiger charge is -2.08. The highest BCUT2D eigenvalue weighted by atomic mass is 16.3. The minimum Gasteiger partial charge on any atom is -0.456 e. The van der Waals surface area contributed by atoms with E-state index in [9.17, 15) is 0 Å². The molecule has 0 saturated carbocycles. The van der Waals surface area contributed by atoms with Crippen molar-refractivity contribution < 1.29 is 4.42 Å².